The van der Waals surface area contributed by atoms with Gasteiger partial charge in [-0.1, -0.05) is 0 Å². The van der Waals surface area contributed by atoms with Crippen LogP contribution in [0.4, 0.5) is 8.78 Å². The van der Waals surface area contributed by atoms with Crippen molar-refractivity contribution in [3.63, 3.8) is 0 Å². The summed E-state index contributed by atoms with van der Waals surface area (Å²) in [6.07, 6.45) is -2.58. The number of hydrogen-bond acceptors (Lipinski definition) is 3. The first-order valence-electron chi connectivity index (χ1n) is 3.62. The Bertz CT molecular complexity index is 175. The lowest BCUT2D eigenvalue weighted by molar-refractivity contribution is -0.171. The number of esters is 1. The third-order valence-corrected chi connectivity index (χ3v) is 1.71. The first-order chi connectivity index (χ1) is 5.53. The van der Waals surface area contributed by atoms with E-state index in [1.807, 2.05) is 0 Å². The van der Waals surface area contributed by atoms with Crippen LogP contribution in [0.3, 0.4) is 0 Å². The first kappa shape index (κ1) is 9.38. The maximum absolute atomic E-state index is 11.7. The summed E-state index contributed by atoms with van der Waals surface area (Å²) in [6.45, 7) is 2.23. The Morgan fingerprint density at radius 2 is 2.33 bits per heavy atom. The SMILES string of the molecule is CC1(OC(=O)C(F)F)CCOC1. The minimum atomic E-state index is -3.05. The van der Waals surface area contributed by atoms with Crippen molar-refractivity contribution in [1.82, 2.24) is 0 Å². The maximum Gasteiger partial charge on any atom is 0.374 e. The highest BCUT2D eigenvalue weighted by atomic mass is 19.3. The number of ether oxygens (including phenoxy) is 2. The lowest BCUT2D eigenvalue weighted by Gasteiger charge is -2.21. The Balaban J connectivity index is 2.44. The van der Waals surface area contributed by atoms with Gasteiger partial charge in [0.05, 0.1) is 13.2 Å². The third-order valence-electron chi connectivity index (χ3n) is 1.71. The van der Waals surface area contributed by atoms with Gasteiger partial charge in [-0.05, 0) is 6.92 Å². The molecule has 1 aliphatic heterocycles. The van der Waals surface area contributed by atoms with Crippen molar-refractivity contribution in [1.29, 1.82) is 0 Å². The summed E-state index contributed by atoms with van der Waals surface area (Å²) in [5.41, 5.74) is -0.854. The van der Waals surface area contributed by atoms with E-state index in [2.05, 4.69) is 4.74 Å². The fourth-order valence-electron chi connectivity index (χ4n) is 1.02. The molecule has 0 bridgehead atoms. The molecule has 0 aromatic carbocycles. The van der Waals surface area contributed by atoms with Gasteiger partial charge in [-0.3, -0.25) is 0 Å². The van der Waals surface area contributed by atoms with E-state index in [1.54, 1.807) is 6.92 Å². The van der Waals surface area contributed by atoms with Crippen molar-refractivity contribution >= 4 is 5.97 Å². The lowest BCUT2D eigenvalue weighted by atomic mass is 10.1. The molecule has 1 fully saturated rings. The highest BCUT2D eigenvalue weighted by Gasteiger charge is 2.35. The normalized spacial score (nSPS) is 29.3. The van der Waals surface area contributed by atoms with Crippen molar-refractivity contribution in [3.8, 4) is 0 Å². The molecule has 0 aromatic heterocycles. The molecule has 1 rings (SSSR count). The molecule has 3 nitrogen and oxygen atoms in total. The smallest absolute Gasteiger partial charge is 0.374 e. The molecule has 1 atom stereocenters. The van der Waals surface area contributed by atoms with Crippen LogP contribution >= 0.6 is 0 Å². The van der Waals surface area contributed by atoms with Gasteiger partial charge in [0.15, 0.2) is 0 Å². The van der Waals surface area contributed by atoms with Crippen LogP contribution in [0, 0.1) is 0 Å². The molecule has 0 N–H and O–H groups in total. The van der Waals surface area contributed by atoms with Crippen molar-refractivity contribution in [2.45, 2.75) is 25.4 Å². The largest absolute Gasteiger partial charge is 0.453 e. The average molecular weight is 180 g/mol. The summed E-state index contributed by atoms with van der Waals surface area (Å²) in [7, 11) is 0. The van der Waals surface area contributed by atoms with Crippen molar-refractivity contribution < 1.29 is 23.0 Å². The zero-order chi connectivity index (χ0) is 9.19. The van der Waals surface area contributed by atoms with Crippen LogP contribution in [-0.4, -0.2) is 31.2 Å². The van der Waals surface area contributed by atoms with E-state index in [0.717, 1.165) is 0 Å². The van der Waals surface area contributed by atoms with Crippen LogP contribution in [0.2, 0.25) is 0 Å². The Kier molecular flexibility index (Phi) is 2.62. The second-order valence-corrected chi connectivity index (χ2v) is 2.97. The van der Waals surface area contributed by atoms with Crippen molar-refractivity contribution in [3.05, 3.63) is 0 Å². The molecule has 1 aliphatic rings. The minimum Gasteiger partial charge on any atom is -0.453 e. The number of carbonyl (C=O) groups is 1. The monoisotopic (exact) mass is 180 g/mol. The Morgan fingerprint density at radius 1 is 1.67 bits per heavy atom. The van der Waals surface area contributed by atoms with Crippen LogP contribution in [-0.2, 0) is 14.3 Å². The zero-order valence-electron chi connectivity index (χ0n) is 6.68. The summed E-state index contributed by atoms with van der Waals surface area (Å²) >= 11 is 0. The molecule has 0 amide bonds. The van der Waals surface area contributed by atoms with Gasteiger partial charge in [0, 0.05) is 6.42 Å². The molecule has 1 saturated heterocycles. The van der Waals surface area contributed by atoms with Crippen molar-refractivity contribution in [2.24, 2.45) is 0 Å². The quantitative estimate of drug-likeness (QED) is 0.594. The summed E-state index contributed by atoms with van der Waals surface area (Å²) in [5.74, 6) is -1.47. The second kappa shape index (κ2) is 3.35. The van der Waals surface area contributed by atoms with Crippen LogP contribution < -0.4 is 0 Å². The fraction of sp³-hybridized carbons (Fsp3) is 0.857. The first-order valence-corrected chi connectivity index (χ1v) is 3.62. The standard InChI is InChI=1S/C7H10F2O3/c1-7(2-3-11-4-7)12-6(10)5(8)9/h5H,2-4H2,1H3. The number of alkyl halides is 2. The minimum absolute atomic E-state index is 0.200. The molecule has 0 aromatic rings. The van der Waals surface area contributed by atoms with E-state index in [9.17, 15) is 13.6 Å². The molecule has 0 saturated carbocycles. The maximum atomic E-state index is 11.7. The van der Waals surface area contributed by atoms with E-state index >= 15 is 0 Å². The van der Waals surface area contributed by atoms with Gasteiger partial charge in [-0.25, -0.2) is 4.79 Å². The van der Waals surface area contributed by atoms with Crippen LogP contribution in [0.15, 0.2) is 0 Å². The van der Waals surface area contributed by atoms with Crippen molar-refractivity contribution in [2.75, 3.05) is 13.2 Å². The third kappa shape index (κ3) is 2.14. The van der Waals surface area contributed by atoms with Gasteiger partial charge in [0.25, 0.3) is 0 Å². The number of carbonyl (C=O) groups excluding carboxylic acids is 1. The Labute approximate surface area is 68.6 Å². The predicted molar refractivity (Wildman–Crippen MR) is 35.9 cm³/mol. The van der Waals surface area contributed by atoms with E-state index in [-0.39, 0.29) is 6.61 Å². The van der Waals surface area contributed by atoms with Crippen LogP contribution in [0.25, 0.3) is 0 Å². The van der Waals surface area contributed by atoms with Gasteiger partial charge in [-0.2, -0.15) is 8.78 Å². The van der Waals surface area contributed by atoms with E-state index in [1.165, 1.54) is 0 Å². The summed E-state index contributed by atoms with van der Waals surface area (Å²) in [5, 5.41) is 0. The van der Waals surface area contributed by atoms with Gasteiger partial charge < -0.3 is 9.47 Å². The molecule has 12 heavy (non-hydrogen) atoms. The average Bonchev–Trinajstić information content (AvgIpc) is 2.35. The second-order valence-electron chi connectivity index (χ2n) is 2.97. The number of hydrogen-bond donors (Lipinski definition) is 0. The molecular weight excluding hydrogens is 170 g/mol. The fourth-order valence-corrected chi connectivity index (χ4v) is 1.02. The van der Waals surface area contributed by atoms with Gasteiger partial charge >= 0.3 is 12.4 Å². The highest BCUT2D eigenvalue weighted by molar-refractivity contribution is 5.73. The molecular formula is C7H10F2O3. The summed E-state index contributed by atoms with van der Waals surface area (Å²) in [6, 6.07) is 0. The molecule has 1 heterocycles. The van der Waals surface area contributed by atoms with Crippen LogP contribution in [0.1, 0.15) is 13.3 Å². The predicted octanol–water partition coefficient (Wildman–Crippen LogP) is 0.974. The molecule has 0 spiro atoms. The topological polar surface area (TPSA) is 35.5 Å². The number of halogens is 2. The molecule has 5 heteroatoms. The highest BCUT2D eigenvalue weighted by Crippen LogP contribution is 2.23. The number of rotatable bonds is 2. The van der Waals surface area contributed by atoms with E-state index < -0.39 is 18.0 Å². The van der Waals surface area contributed by atoms with Gasteiger partial charge in [0.2, 0.25) is 0 Å². The summed E-state index contributed by atoms with van der Waals surface area (Å²) in [4.78, 5) is 10.5. The zero-order valence-corrected chi connectivity index (χ0v) is 6.68. The Hall–Kier alpha value is -0.710. The van der Waals surface area contributed by atoms with Gasteiger partial charge in [-0.15, -0.1) is 0 Å². The van der Waals surface area contributed by atoms with E-state index in [0.29, 0.717) is 13.0 Å². The summed E-state index contributed by atoms with van der Waals surface area (Å²) < 4.78 is 32.9. The molecule has 0 aliphatic carbocycles. The Morgan fingerprint density at radius 3 is 2.75 bits per heavy atom. The van der Waals surface area contributed by atoms with E-state index in [4.69, 9.17) is 4.74 Å². The molecule has 70 valence electrons. The molecule has 0 radical (unpaired) electrons. The lowest BCUT2D eigenvalue weighted by Crippen LogP contribution is -2.34. The van der Waals surface area contributed by atoms with Crippen LogP contribution in [0.5, 0.6) is 0 Å². The van der Waals surface area contributed by atoms with Gasteiger partial charge in [0.1, 0.15) is 5.60 Å². The molecule has 1 unspecified atom stereocenters.